The van der Waals surface area contributed by atoms with Crippen LogP contribution in [-0.2, 0) is 10.5 Å². The summed E-state index contributed by atoms with van der Waals surface area (Å²) in [6.45, 7) is 1.77. The molecule has 0 bridgehead atoms. The number of anilines is 1. The minimum atomic E-state index is -0.346. The number of hydrogen-bond donors (Lipinski definition) is 3. The molecule has 0 aliphatic heterocycles. The molecular weight excluding hydrogens is 380 g/mol. The lowest BCUT2D eigenvalue weighted by atomic mass is 10.1. The molecule has 28 heavy (non-hydrogen) atoms. The Morgan fingerprint density at radius 2 is 1.89 bits per heavy atom. The van der Waals surface area contributed by atoms with E-state index in [0.29, 0.717) is 34.0 Å². The van der Waals surface area contributed by atoms with Crippen LogP contribution in [-0.4, -0.2) is 13.0 Å². The third-order valence-electron chi connectivity index (χ3n) is 4.61. The van der Waals surface area contributed by atoms with Crippen molar-refractivity contribution in [3.8, 4) is 0 Å². The zero-order valence-corrected chi connectivity index (χ0v) is 16.6. The van der Waals surface area contributed by atoms with Crippen LogP contribution in [0, 0.1) is 11.6 Å². The Bertz CT molecular complexity index is 897. The fraction of sp³-hybridized carbons (Fsp3) is 0.286. The van der Waals surface area contributed by atoms with Gasteiger partial charge < -0.3 is 15.4 Å². The maximum atomic E-state index is 13.9. The number of amides is 1. The fourth-order valence-corrected chi connectivity index (χ4v) is 3.59. The van der Waals surface area contributed by atoms with Gasteiger partial charge in [0, 0.05) is 24.2 Å². The molecule has 4 nitrogen and oxygen atoms in total. The van der Waals surface area contributed by atoms with E-state index in [0.717, 1.165) is 12.8 Å². The normalized spacial score (nSPS) is 14.3. The molecule has 0 spiro atoms. The van der Waals surface area contributed by atoms with Gasteiger partial charge in [-0.05, 0) is 73.0 Å². The SMILES string of the molecule is CN/C(C)=C(/NSCc1ccccc1F)C(=O)Nc1ccc(F)c(C2CC2)c1. The zero-order valence-electron chi connectivity index (χ0n) is 15.8. The van der Waals surface area contributed by atoms with E-state index in [2.05, 4.69) is 15.4 Å². The molecule has 7 heteroatoms. The van der Waals surface area contributed by atoms with Crippen molar-refractivity contribution < 1.29 is 13.6 Å². The first-order valence-electron chi connectivity index (χ1n) is 9.10. The lowest BCUT2D eigenvalue weighted by Gasteiger charge is -2.15. The summed E-state index contributed by atoms with van der Waals surface area (Å²) in [7, 11) is 1.72. The highest BCUT2D eigenvalue weighted by atomic mass is 32.2. The van der Waals surface area contributed by atoms with Gasteiger partial charge in [-0.2, -0.15) is 0 Å². The molecule has 1 fully saturated rings. The smallest absolute Gasteiger partial charge is 0.274 e. The molecule has 0 aromatic heterocycles. The van der Waals surface area contributed by atoms with Gasteiger partial charge in [0.2, 0.25) is 0 Å². The number of hydrogen-bond acceptors (Lipinski definition) is 4. The Kier molecular flexibility index (Phi) is 6.57. The van der Waals surface area contributed by atoms with Crippen molar-refractivity contribution in [2.75, 3.05) is 12.4 Å². The zero-order chi connectivity index (χ0) is 20.1. The van der Waals surface area contributed by atoms with Gasteiger partial charge in [-0.25, -0.2) is 8.78 Å². The van der Waals surface area contributed by atoms with E-state index in [1.807, 2.05) is 0 Å². The number of carbonyl (C=O) groups excluding carboxylic acids is 1. The number of carbonyl (C=O) groups is 1. The van der Waals surface area contributed by atoms with Gasteiger partial charge in [0.05, 0.1) is 0 Å². The molecule has 2 aromatic rings. The predicted molar refractivity (Wildman–Crippen MR) is 110 cm³/mol. The monoisotopic (exact) mass is 403 g/mol. The second kappa shape index (κ2) is 9.10. The van der Waals surface area contributed by atoms with Gasteiger partial charge in [-0.3, -0.25) is 4.79 Å². The molecule has 1 aliphatic carbocycles. The number of benzene rings is 2. The van der Waals surface area contributed by atoms with Crippen LogP contribution in [0.3, 0.4) is 0 Å². The highest BCUT2D eigenvalue weighted by Gasteiger charge is 2.27. The van der Waals surface area contributed by atoms with E-state index < -0.39 is 0 Å². The molecule has 0 saturated heterocycles. The van der Waals surface area contributed by atoms with Gasteiger partial charge in [0.1, 0.15) is 17.3 Å². The summed E-state index contributed by atoms with van der Waals surface area (Å²) >= 11 is 1.22. The lowest BCUT2D eigenvalue weighted by Crippen LogP contribution is -2.26. The first kappa shape index (κ1) is 20.2. The summed E-state index contributed by atoms with van der Waals surface area (Å²) in [5, 5.41) is 5.76. The molecule has 0 atom stereocenters. The summed E-state index contributed by atoms with van der Waals surface area (Å²) in [6.07, 6.45) is 1.96. The van der Waals surface area contributed by atoms with Gasteiger partial charge in [-0.1, -0.05) is 18.2 Å². The third kappa shape index (κ3) is 5.04. The average molecular weight is 403 g/mol. The number of halogens is 2. The Labute approximate surface area is 167 Å². The summed E-state index contributed by atoms with van der Waals surface area (Å²) in [4.78, 5) is 12.8. The van der Waals surface area contributed by atoms with Crippen molar-refractivity contribution in [1.29, 1.82) is 0 Å². The summed E-state index contributed by atoms with van der Waals surface area (Å²) < 4.78 is 30.7. The van der Waals surface area contributed by atoms with Crippen molar-refractivity contribution >= 4 is 23.5 Å². The second-order valence-electron chi connectivity index (χ2n) is 6.70. The Balaban J connectivity index is 1.67. The van der Waals surface area contributed by atoms with Gasteiger partial charge in [0.25, 0.3) is 5.91 Å². The van der Waals surface area contributed by atoms with Crippen LogP contribution in [0.2, 0.25) is 0 Å². The Morgan fingerprint density at radius 1 is 1.14 bits per heavy atom. The number of nitrogens with one attached hydrogen (secondary N) is 3. The van der Waals surface area contributed by atoms with E-state index in [9.17, 15) is 13.6 Å². The van der Waals surface area contributed by atoms with Crippen molar-refractivity contribution in [2.45, 2.75) is 31.4 Å². The molecule has 0 unspecified atom stereocenters. The van der Waals surface area contributed by atoms with Crippen LogP contribution in [0.5, 0.6) is 0 Å². The third-order valence-corrected chi connectivity index (χ3v) is 5.41. The first-order chi connectivity index (χ1) is 13.5. The van der Waals surface area contributed by atoms with Crippen LogP contribution in [0.25, 0.3) is 0 Å². The molecule has 2 aromatic carbocycles. The van der Waals surface area contributed by atoms with Crippen LogP contribution < -0.4 is 15.4 Å². The van der Waals surface area contributed by atoms with Gasteiger partial charge >= 0.3 is 0 Å². The second-order valence-corrected chi connectivity index (χ2v) is 7.48. The largest absolute Gasteiger partial charge is 0.390 e. The quantitative estimate of drug-likeness (QED) is 0.443. The molecule has 0 radical (unpaired) electrons. The van der Waals surface area contributed by atoms with Gasteiger partial charge in [-0.15, -0.1) is 0 Å². The van der Waals surface area contributed by atoms with Crippen LogP contribution in [0.1, 0.15) is 36.8 Å². The van der Waals surface area contributed by atoms with Crippen molar-refractivity contribution in [2.24, 2.45) is 0 Å². The first-order valence-corrected chi connectivity index (χ1v) is 10.1. The fourth-order valence-electron chi connectivity index (χ4n) is 2.74. The van der Waals surface area contributed by atoms with E-state index in [4.69, 9.17) is 0 Å². The minimum absolute atomic E-state index is 0.235. The van der Waals surface area contributed by atoms with E-state index in [-0.39, 0.29) is 23.5 Å². The molecule has 1 aliphatic rings. The van der Waals surface area contributed by atoms with Crippen molar-refractivity contribution in [3.63, 3.8) is 0 Å². The standard InChI is InChI=1S/C21H23F2N3OS/c1-13(24-2)20(26-28-12-15-5-3-4-6-18(15)22)21(27)25-16-9-10-19(23)17(11-16)14-7-8-14/h3-6,9-11,14,24,26H,7-8,12H2,1-2H3,(H,25,27)/b20-13+. The van der Waals surface area contributed by atoms with E-state index in [1.54, 1.807) is 44.3 Å². The molecule has 1 amide bonds. The Hall–Kier alpha value is -2.54. The maximum absolute atomic E-state index is 13.9. The number of allylic oxidation sites excluding steroid dienone is 1. The highest BCUT2D eigenvalue weighted by molar-refractivity contribution is 7.96. The maximum Gasteiger partial charge on any atom is 0.274 e. The van der Waals surface area contributed by atoms with Gasteiger partial charge in [0.15, 0.2) is 0 Å². The minimum Gasteiger partial charge on any atom is -0.390 e. The highest BCUT2D eigenvalue weighted by Crippen LogP contribution is 2.42. The van der Waals surface area contributed by atoms with E-state index >= 15 is 0 Å². The van der Waals surface area contributed by atoms with Crippen molar-refractivity contribution in [3.05, 3.63) is 76.6 Å². The summed E-state index contributed by atoms with van der Waals surface area (Å²) in [5.74, 6) is -0.248. The van der Waals surface area contributed by atoms with Crippen molar-refractivity contribution in [1.82, 2.24) is 10.0 Å². The molecule has 3 N–H and O–H groups in total. The molecule has 0 heterocycles. The molecular formula is C21H23F2N3OS. The molecule has 3 rings (SSSR count). The average Bonchev–Trinajstić information content (AvgIpc) is 3.52. The van der Waals surface area contributed by atoms with Crippen LogP contribution >= 0.6 is 11.9 Å². The molecule has 148 valence electrons. The topological polar surface area (TPSA) is 53.2 Å². The van der Waals surface area contributed by atoms with E-state index in [1.165, 1.54) is 24.1 Å². The van der Waals surface area contributed by atoms with Crippen LogP contribution in [0.4, 0.5) is 14.5 Å². The lowest BCUT2D eigenvalue weighted by molar-refractivity contribution is -0.113. The Morgan fingerprint density at radius 3 is 2.57 bits per heavy atom. The van der Waals surface area contributed by atoms with Crippen LogP contribution in [0.15, 0.2) is 53.9 Å². The number of rotatable bonds is 8. The summed E-state index contributed by atoms with van der Waals surface area (Å²) in [5.41, 5.74) is 2.73. The molecule has 1 saturated carbocycles. The summed E-state index contributed by atoms with van der Waals surface area (Å²) in [6, 6.07) is 11.2. The predicted octanol–water partition coefficient (Wildman–Crippen LogP) is 4.67.